The number of carbonyl (C=O) groups excluding carboxylic acids is 1. The molecule has 128 valence electrons. The number of sulfone groups is 1. The SMILES string of the molecule is C[C@@H](CCS(C)(=O)=O)NC(=O)N1CCC([C@H]2CCCO2)CC1. The summed E-state index contributed by atoms with van der Waals surface area (Å²) >= 11 is 0. The number of urea groups is 1. The van der Waals surface area contributed by atoms with E-state index >= 15 is 0 Å². The third-order valence-corrected chi connectivity index (χ3v) is 5.59. The molecule has 0 aromatic carbocycles. The summed E-state index contributed by atoms with van der Waals surface area (Å²) in [5, 5.41) is 2.90. The van der Waals surface area contributed by atoms with Gasteiger partial charge in [-0.15, -0.1) is 0 Å². The van der Waals surface area contributed by atoms with Gasteiger partial charge in [0.05, 0.1) is 11.9 Å². The van der Waals surface area contributed by atoms with Crippen LogP contribution in [0.25, 0.3) is 0 Å². The van der Waals surface area contributed by atoms with Crippen molar-refractivity contribution in [3.8, 4) is 0 Å². The Morgan fingerprint density at radius 1 is 1.32 bits per heavy atom. The van der Waals surface area contributed by atoms with Crippen LogP contribution >= 0.6 is 0 Å². The summed E-state index contributed by atoms with van der Waals surface area (Å²) in [5.74, 6) is 0.685. The summed E-state index contributed by atoms with van der Waals surface area (Å²) in [4.78, 5) is 14.0. The first kappa shape index (κ1) is 17.5. The Morgan fingerprint density at radius 2 is 2.00 bits per heavy atom. The van der Waals surface area contributed by atoms with E-state index in [1.165, 1.54) is 6.26 Å². The number of rotatable bonds is 5. The lowest BCUT2D eigenvalue weighted by molar-refractivity contribution is 0.0371. The average molecular weight is 332 g/mol. The molecule has 2 fully saturated rings. The molecule has 0 saturated carbocycles. The van der Waals surface area contributed by atoms with Crippen LogP contribution in [0.2, 0.25) is 0 Å². The van der Waals surface area contributed by atoms with Crippen LogP contribution in [0.1, 0.15) is 39.0 Å². The molecule has 2 aliphatic rings. The summed E-state index contributed by atoms with van der Waals surface area (Å²) in [6.45, 7) is 4.25. The summed E-state index contributed by atoms with van der Waals surface area (Å²) < 4.78 is 28.0. The van der Waals surface area contributed by atoms with E-state index in [1.807, 2.05) is 11.8 Å². The van der Waals surface area contributed by atoms with Crippen LogP contribution in [-0.4, -0.2) is 63.2 Å². The Labute approximate surface area is 133 Å². The maximum absolute atomic E-state index is 12.2. The minimum absolute atomic E-state index is 0.0770. The van der Waals surface area contributed by atoms with Gasteiger partial charge in [-0.1, -0.05) is 0 Å². The fourth-order valence-corrected chi connectivity index (χ4v) is 4.00. The van der Waals surface area contributed by atoms with Gasteiger partial charge in [0.25, 0.3) is 0 Å². The molecule has 1 N–H and O–H groups in total. The lowest BCUT2D eigenvalue weighted by atomic mass is 9.90. The first-order valence-corrected chi connectivity index (χ1v) is 10.3. The maximum atomic E-state index is 12.2. The van der Waals surface area contributed by atoms with Gasteiger partial charge in [0, 0.05) is 32.0 Å². The van der Waals surface area contributed by atoms with Crippen molar-refractivity contribution in [3.63, 3.8) is 0 Å². The molecular formula is C15H28N2O4S. The standard InChI is InChI=1S/C15H28N2O4S/c1-12(7-11-22(2,19)20)16-15(18)17-8-5-13(6-9-17)14-4-3-10-21-14/h12-14H,3-11H2,1-2H3,(H,16,18)/t12-,14+/m0/s1. The molecule has 0 radical (unpaired) electrons. The fraction of sp³-hybridized carbons (Fsp3) is 0.933. The van der Waals surface area contributed by atoms with Gasteiger partial charge < -0.3 is 15.0 Å². The van der Waals surface area contributed by atoms with Crippen LogP contribution in [0.4, 0.5) is 4.79 Å². The molecule has 2 aliphatic heterocycles. The number of hydrogen-bond acceptors (Lipinski definition) is 4. The molecule has 22 heavy (non-hydrogen) atoms. The van der Waals surface area contributed by atoms with Crippen molar-refractivity contribution in [2.75, 3.05) is 31.7 Å². The second-order valence-corrected chi connectivity index (χ2v) is 8.90. The molecule has 0 spiro atoms. The fourth-order valence-electron chi connectivity index (χ4n) is 3.21. The number of hydrogen-bond donors (Lipinski definition) is 1. The molecule has 6 nitrogen and oxygen atoms in total. The summed E-state index contributed by atoms with van der Waals surface area (Å²) in [5.41, 5.74) is 0. The average Bonchev–Trinajstić information content (AvgIpc) is 2.99. The molecule has 0 aromatic heterocycles. The summed E-state index contributed by atoms with van der Waals surface area (Å²) in [6, 6.07) is -0.204. The molecule has 7 heteroatoms. The molecule has 0 aromatic rings. The highest BCUT2D eigenvalue weighted by atomic mass is 32.2. The van der Waals surface area contributed by atoms with Crippen LogP contribution < -0.4 is 5.32 Å². The Kier molecular flexibility index (Phi) is 6.09. The van der Waals surface area contributed by atoms with E-state index in [-0.39, 0.29) is 17.8 Å². The van der Waals surface area contributed by atoms with Crippen molar-refractivity contribution in [3.05, 3.63) is 0 Å². The van der Waals surface area contributed by atoms with E-state index in [0.29, 0.717) is 18.4 Å². The van der Waals surface area contributed by atoms with E-state index in [1.54, 1.807) is 0 Å². The zero-order chi connectivity index (χ0) is 16.2. The van der Waals surface area contributed by atoms with Gasteiger partial charge >= 0.3 is 6.03 Å². The van der Waals surface area contributed by atoms with Gasteiger partial charge in [-0.3, -0.25) is 0 Å². The first-order chi connectivity index (χ1) is 10.3. The predicted octanol–water partition coefficient (Wildman–Crippen LogP) is 1.41. The number of nitrogens with one attached hydrogen (secondary N) is 1. The molecular weight excluding hydrogens is 304 g/mol. The van der Waals surface area contributed by atoms with E-state index in [0.717, 1.165) is 45.4 Å². The minimum atomic E-state index is -2.98. The third-order valence-electron chi connectivity index (χ3n) is 4.61. The molecule has 2 saturated heterocycles. The van der Waals surface area contributed by atoms with E-state index in [9.17, 15) is 13.2 Å². The predicted molar refractivity (Wildman–Crippen MR) is 85.6 cm³/mol. The number of nitrogens with zero attached hydrogens (tertiary/aromatic N) is 1. The molecule has 2 heterocycles. The van der Waals surface area contributed by atoms with Gasteiger partial charge in [-0.05, 0) is 44.9 Å². The van der Waals surface area contributed by atoms with Crippen LogP contribution in [0.15, 0.2) is 0 Å². The van der Waals surface area contributed by atoms with Gasteiger partial charge in [-0.2, -0.15) is 0 Å². The highest BCUT2D eigenvalue weighted by Crippen LogP contribution is 2.28. The number of piperidine rings is 1. The maximum Gasteiger partial charge on any atom is 0.317 e. The molecule has 0 unspecified atom stereocenters. The van der Waals surface area contributed by atoms with Gasteiger partial charge in [0.15, 0.2) is 0 Å². The molecule has 2 amide bonds. The second kappa shape index (κ2) is 7.64. The van der Waals surface area contributed by atoms with E-state index in [2.05, 4.69) is 5.32 Å². The Balaban J connectivity index is 1.70. The topological polar surface area (TPSA) is 75.7 Å². The second-order valence-electron chi connectivity index (χ2n) is 6.65. The monoisotopic (exact) mass is 332 g/mol. The van der Waals surface area contributed by atoms with Crippen molar-refractivity contribution >= 4 is 15.9 Å². The Morgan fingerprint density at radius 3 is 2.55 bits per heavy atom. The normalized spacial score (nSPS) is 25.2. The van der Waals surface area contributed by atoms with Crippen LogP contribution in [0.3, 0.4) is 0 Å². The van der Waals surface area contributed by atoms with Crippen LogP contribution in [0, 0.1) is 5.92 Å². The number of ether oxygens (including phenoxy) is 1. The lowest BCUT2D eigenvalue weighted by Crippen LogP contribution is -2.48. The minimum Gasteiger partial charge on any atom is -0.378 e. The van der Waals surface area contributed by atoms with E-state index < -0.39 is 9.84 Å². The van der Waals surface area contributed by atoms with Gasteiger partial charge in [-0.25, -0.2) is 13.2 Å². The van der Waals surface area contributed by atoms with Gasteiger partial charge in [0.1, 0.15) is 9.84 Å². The zero-order valence-corrected chi connectivity index (χ0v) is 14.4. The van der Waals surface area contributed by atoms with Crippen molar-refractivity contribution in [1.82, 2.24) is 10.2 Å². The first-order valence-electron chi connectivity index (χ1n) is 8.20. The number of amides is 2. The lowest BCUT2D eigenvalue weighted by Gasteiger charge is -2.35. The summed E-state index contributed by atoms with van der Waals surface area (Å²) in [6.07, 6.45) is 6.36. The van der Waals surface area contributed by atoms with Crippen molar-refractivity contribution in [2.45, 2.75) is 51.2 Å². The van der Waals surface area contributed by atoms with Crippen molar-refractivity contribution < 1.29 is 17.9 Å². The Bertz CT molecular complexity index is 466. The van der Waals surface area contributed by atoms with Crippen molar-refractivity contribution in [2.24, 2.45) is 5.92 Å². The molecule has 0 bridgehead atoms. The van der Waals surface area contributed by atoms with Crippen molar-refractivity contribution in [1.29, 1.82) is 0 Å². The highest BCUT2D eigenvalue weighted by molar-refractivity contribution is 7.90. The summed E-state index contributed by atoms with van der Waals surface area (Å²) in [7, 11) is -2.98. The molecule has 0 aliphatic carbocycles. The largest absolute Gasteiger partial charge is 0.378 e. The number of likely N-dealkylation sites (tertiary alicyclic amines) is 1. The van der Waals surface area contributed by atoms with Gasteiger partial charge in [0.2, 0.25) is 0 Å². The molecule has 2 rings (SSSR count). The number of carbonyl (C=O) groups is 1. The molecule has 2 atom stereocenters. The third kappa shape index (κ3) is 5.43. The van der Waals surface area contributed by atoms with Crippen LogP contribution in [-0.2, 0) is 14.6 Å². The zero-order valence-electron chi connectivity index (χ0n) is 13.6. The van der Waals surface area contributed by atoms with Crippen LogP contribution in [0.5, 0.6) is 0 Å². The Hall–Kier alpha value is -0.820. The van der Waals surface area contributed by atoms with E-state index in [4.69, 9.17) is 4.74 Å². The smallest absolute Gasteiger partial charge is 0.317 e. The quantitative estimate of drug-likeness (QED) is 0.826. The highest BCUT2D eigenvalue weighted by Gasteiger charge is 2.31.